The third kappa shape index (κ3) is 4.99. The number of nitrogens with one attached hydrogen (secondary N) is 1. The Kier molecular flexibility index (Phi) is 6.53. The van der Waals surface area contributed by atoms with E-state index in [1.807, 2.05) is 47.4 Å². The summed E-state index contributed by atoms with van der Waals surface area (Å²) in [6.07, 6.45) is 1.65. The Morgan fingerprint density at radius 2 is 1.96 bits per heavy atom. The molecule has 2 atom stereocenters. The van der Waals surface area contributed by atoms with Crippen molar-refractivity contribution in [3.05, 3.63) is 65.2 Å². The Labute approximate surface area is 160 Å². The lowest BCUT2D eigenvalue weighted by Gasteiger charge is -2.29. The fourth-order valence-electron chi connectivity index (χ4n) is 3.25. The van der Waals surface area contributed by atoms with Gasteiger partial charge in [-0.3, -0.25) is 4.79 Å². The van der Waals surface area contributed by atoms with Crippen molar-refractivity contribution < 1.29 is 9.53 Å². The average molecular weight is 373 g/mol. The summed E-state index contributed by atoms with van der Waals surface area (Å²) in [6.45, 7) is 4.06. The molecule has 0 spiro atoms. The molecule has 0 aliphatic carbocycles. The van der Waals surface area contributed by atoms with E-state index in [9.17, 15) is 4.79 Å². The molecule has 1 N–H and O–H groups in total. The summed E-state index contributed by atoms with van der Waals surface area (Å²) in [5.41, 5.74) is 1.11. The molecule has 0 radical (unpaired) electrons. The van der Waals surface area contributed by atoms with Crippen LogP contribution in [0.2, 0.25) is 5.02 Å². The van der Waals surface area contributed by atoms with Gasteiger partial charge in [-0.05, 0) is 44.0 Å². The number of carbonyl (C=O) groups excluding carboxylic acids is 1. The van der Waals surface area contributed by atoms with Crippen LogP contribution in [0.15, 0.2) is 54.6 Å². The summed E-state index contributed by atoms with van der Waals surface area (Å²) in [6, 6.07) is 17.6. The number of amides is 1. The van der Waals surface area contributed by atoms with E-state index in [4.69, 9.17) is 16.3 Å². The van der Waals surface area contributed by atoms with Gasteiger partial charge in [-0.2, -0.15) is 0 Å². The number of benzene rings is 2. The number of halogens is 1. The molecule has 5 heteroatoms. The van der Waals surface area contributed by atoms with Crippen molar-refractivity contribution in [1.82, 2.24) is 10.2 Å². The van der Waals surface area contributed by atoms with Crippen molar-refractivity contribution in [3.63, 3.8) is 0 Å². The van der Waals surface area contributed by atoms with Gasteiger partial charge in [0.1, 0.15) is 5.75 Å². The van der Waals surface area contributed by atoms with Crippen LogP contribution in [-0.4, -0.2) is 36.0 Å². The van der Waals surface area contributed by atoms with Crippen molar-refractivity contribution in [2.24, 2.45) is 0 Å². The first-order chi connectivity index (χ1) is 12.6. The number of nitrogens with zero attached hydrogens (tertiary/aromatic N) is 1. The lowest BCUT2D eigenvalue weighted by atomic mass is 10.1. The van der Waals surface area contributed by atoms with Crippen molar-refractivity contribution in [2.75, 3.05) is 13.1 Å². The van der Waals surface area contributed by atoms with Gasteiger partial charge in [-0.15, -0.1) is 0 Å². The molecule has 138 valence electrons. The molecule has 0 bridgehead atoms. The Bertz CT molecular complexity index is 717. The maximum atomic E-state index is 13.1. The van der Waals surface area contributed by atoms with Crippen molar-refractivity contribution in [2.45, 2.75) is 38.5 Å². The van der Waals surface area contributed by atoms with E-state index in [1.165, 1.54) is 0 Å². The van der Waals surface area contributed by atoms with Gasteiger partial charge in [0.05, 0.1) is 5.02 Å². The van der Waals surface area contributed by atoms with E-state index in [0.29, 0.717) is 29.9 Å². The van der Waals surface area contributed by atoms with Crippen LogP contribution >= 0.6 is 11.6 Å². The maximum Gasteiger partial charge on any atom is 0.263 e. The number of hydrogen-bond donors (Lipinski definition) is 1. The lowest BCUT2D eigenvalue weighted by molar-refractivity contribution is -0.139. The van der Waals surface area contributed by atoms with E-state index in [2.05, 4.69) is 5.32 Å². The molecule has 1 unspecified atom stereocenters. The van der Waals surface area contributed by atoms with Crippen LogP contribution in [0.3, 0.4) is 0 Å². The van der Waals surface area contributed by atoms with Crippen LogP contribution in [0, 0.1) is 0 Å². The highest BCUT2D eigenvalue weighted by molar-refractivity contribution is 6.32. The van der Waals surface area contributed by atoms with Gasteiger partial charge in [0, 0.05) is 19.1 Å². The molecule has 1 aliphatic heterocycles. The van der Waals surface area contributed by atoms with Gasteiger partial charge in [-0.1, -0.05) is 54.1 Å². The minimum Gasteiger partial charge on any atom is -0.479 e. The molecule has 0 saturated carbocycles. The fraction of sp³-hybridized carbons (Fsp3) is 0.381. The van der Waals surface area contributed by atoms with Gasteiger partial charge in [-0.25, -0.2) is 0 Å². The zero-order valence-corrected chi connectivity index (χ0v) is 15.8. The topological polar surface area (TPSA) is 41.6 Å². The highest BCUT2D eigenvalue weighted by Crippen LogP contribution is 2.25. The highest BCUT2D eigenvalue weighted by atomic mass is 35.5. The quantitative estimate of drug-likeness (QED) is 0.801. The fourth-order valence-corrected chi connectivity index (χ4v) is 3.43. The van der Waals surface area contributed by atoms with Crippen LogP contribution in [0.5, 0.6) is 5.75 Å². The predicted octanol–water partition coefficient (Wildman–Crippen LogP) is 3.89. The smallest absolute Gasteiger partial charge is 0.263 e. The molecule has 1 fully saturated rings. The van der Waals surface area contributed by atoms with Gasteiger partial charge < -0.3 is 15.0 Å². The Morgan fingerprint density at radius 3 is 2.65 bits per heavy atom. The van der Waals surface area contributed by atoms with E-state index >= 15 is 0 Å². The first-order valence-electron chi connectivity index (χ1n) is 9.11. The normalized spacial score (nSPS) is 17.7. The second-order valence-corrected chi connectivity index (χ2v) is 7.10. The van der Waals surface area contributed by atoms with E-state index in [-0.39, 0.29) is 5.91 Å². The molecule has 1 saturated heterocycles. The van der Waals surface area contributed by atoms with E-state index in [1.54, 1.807) is 19.1 Å². The van der Waals surface area contributed by atoms with Gasteiger partial charge in [0.15, 0.2) is 6.10 Å². The molecular weight excluding hydrogens is 348 g/mol. The average Bonchev–Trinajstić information content (AvgIpc) is 3.16. The zero-order chi connectivity index (χ0) is 18.4. The SMILES string of the molecule is CC(Oc1ccccc1Cl)C(=O)N(Cc1ccccc1)C[C@H]1CCCN1. The summed E-state index contributed by atoms with van der Waals surface area (Å²) in [7, 11) is 0. The largest absolute Gasteiger partial charge is 0.479 e. The second-order valence-electron chi connectivity index (χ2n) is 6.69. The minimum atomic E-state index is -0.597. The number of para-hydroxylation sites is 1. The van der Waals surface area contributed by atoms with Crippen molar-refractivity contribution >= 4 is 17.5 Å². The summed E-state index contributed by atoms with van der Waals surface area (Å²) in [5.74, 6) is 0.510. The zero-order valence-electron chi connectivity index (χ0n) is 15.0. The molecular formula is C21H25ClN2O2. The first-order valence-corrected chi connectivity index (χ1v) is 9.48. The molecule has 1 aliphatic rings. The third-order valence-corrected chi connectivity index (χ3v) is 4.93. The lowest BCUT2D eigenvalue weighted by Crippen LogP contribution is -2.45. The van der Waals surface area contributed by atoms with Crippen LogP contribution in [0.4, 0.5) is 0 Å². The summed E-state index contributed by atoms with van der Waals surface area (Å²) < 4.78 is 5.85. The molecule has 2 aromatic carbocycles. The second kappa shape index (κ2) is 9.06. The van der Waals surface area contributed by atoms with Crippen molar-refractivity contribution in [3.8, 4) is 5.75 Å². The monoisotopic (exact) mass is 372 g/mol. The van der Waals surface area contributed by atoms with Gasteiger partial charge >= 0.3 is 0 Å². The van der Waals surface area contributed by atoms with Gasteiger partial charge in [0.25, 0.3) is 5.91 Å². The summed E-state index contributed by atoms with van der Waals surface area (Å²) >= 11 is 6.16. The molecule has 26 heavy (non-hydrogen) atoms. The van der Waals surface area contributed by atoms with E-state index in [0.717, 1.165) is 24.9 Å². The predicted molar refractivity (Wildman–Crippen MR) is 104 cm³/mol. The Hall–Kier alpha value is -2.04. The summed E-state index contributed by atoms with van der Waals surface area (Å²) in [5, 5.41) is 3.98. The molecule has 4 nitrogen and oxygen atoms in total. The number of carbonyl (C=O) groups is 1. The van der Waals surface area contributed by atoms with Crippen LogP contribution < -0.4 is 10.1 Å². The third-order valence-electron chi connectivity index (χ3n) is 4.62. The molecule has 3 rings (SSSR count). The van der Waals surface area contributed by atoms with Crippen molar-refractivity contribution in [1.29, 1.82) is 0 Å². The molecule has 1 heterocycles. The molecule has 0 aromatic heterocycles. The standard InChI is InChI=1S/C21H25ClN2O2/c1-16(26-20-12-6-5-11-19(20)22)21(25)24(15-18-10-7-13-23-18)14-17-8-3-2-4-9-17/h2-6,8-9,11-12,16,18,23H,7,10,13-15H2,1H3/t16?,18-/m1/s1. The molecule has 1 amide bonds. The first kappa shape index (κ1) is 18.7. The number of hydrogen-bond acceptors (Lipinski definition) is 3. The highest BCUT2D eigenvalue weighted by Gasteiger charge is 2.26. The number of ether oxygens (including phenoxy) is 1. The summed E-state index contributed by atoms with van der Waals surface area (Å²) in [4.78, 5) is 15.0. The Morgan fingerprint density at radius 1 is 1.23 bits per heavy atom. The van der Waals surface area contributed by atoms with Gasteiger partial charge in [0.2, 0.25) is 0 Å². The number of rotatable bonds is 7. The maximum absolute atomic E-state index is 13.1. The minimum absolute atomic E-state index is 0.0255. The van der Waals surface area contributed by atoms with E-state index < -0.39 is 6.10 Å². The van der Waals surface area contributed by atoms with Crippen LogP contribution in [0.1, 0.15) is 25.3 Å². The Balaban J connectivity index is 1.71. The van der Waals surface area contributed by atoms with Crippen LogP contribution in [-0.2, 0) is 11.3 Å². The van der Waals surface area contributed by atoms with Crippen LogP contribution in [0.25, 0.3) is 0 Å². The molecule has 2 aromatic rings.